The molecular formula is C25H24N+. The van der Waals surface area contributed by atoms with Crippen LogP contribution in [0.2, 0.25) is 0 Å². The van der Waals surface area contributed by atoms with Crippen LogP contribution in [0.25, 0.3) is 4.85 Å². The Bertz CT molecular complexity index is 958. The SMILES string of the molecule is CC#Cc1cc(C2CCCCC2)ccc1C#Cc1ccccc1C#[N+]C. The van der Waals surface area contributed by atoms with E-state index < -0.39 is 0 Å². The second kappa shape index (κ2) is 8.94. The van der Waals surface area contributed by atoms with Gasteiger partial charge in [0, 0.05) is 16.7 Å². The van der Waals surface area contributed by atoms with Crippen molar-refractivity contribution in [1.82, 2.24) is 0 Å². The average Bonchev–Trinajstić information content (AvgIpc) is 2.69. The standard InChI is InChI=1S/C25H24N/c1-3-9-23-18-24(20-10-5-4-6-11-20)17-16-22(23)15-14-21-12-7-8-13-25(21)19-26-2/h7-8,12-13,16-18,20H,4-6,10-11H2,1-2H3/q+1. The lowest BCUT2D eigenvalue weighted by Gasteiger charge is -2.22. The zero-order valence-corrected chi connectivity index (χ0v) is 15.6. The van der Waals surface area contributed by atoms with E-state index in [1.807, 2.05) is 31.2 Å². The van der Waals surface area contributed by atoms with Gasteiger partial charge in [0.25, 0.3) is 7.05 Å². The molecule has 1 saturated carbocycles. The van der Waals surface area contributed by atoms with E-state index in [1.54, 1.807) is 7.05 Å². The summed E-state index contributed by atoms with van der Waals surface area (Å²) < 4.78 is 0. The highest BCUT2D eigenvalue weighted by atomic mass is 14.6. The summed E-state index contributed by atoms with van der Waals surface area (Å²) in [5.74, 6) is 13.5. The van der Waals surface area contributed by atoms with Crippen molar-refractivity contribution in [1.29, 1.82) is 0 Å². The topological polar surface area (TPSA) is 4.36 Å². The van der Waals surface area contributed by atoms with Gasteiger partial charge in [-0.05, 0) is 55.5 Å². The normalized spacial score (nSPS) is 13.5. The van der Waals surface area contributed by atoms with Crippen molar-refractivity contribution in [2.75, 3.05) is 7.05 Å². The molecule has 1 aliphatic rings. The minimum Gasteiger partial charge on any atom is -0.101 e. The summed E-state index contributed by atoms with van der Waals surface area (Å²) in [6, 6.07) is 17.6. The first-order valence-electron chi connectivity index (χ1n) is 9.34. The molecule has 0 unspecified atom stereocenters. The fraction of sp³-hybridized carbons (Fsp3) is 0.320. The molecule has 1 heteroatoms. The first-order chi connectivity index (χ1) is 12.8. The van der Waals surface area contributed by atoms with Crippen LogP contribution in [0.5, 0.6) is 0 Å². The molecule has 0 bridgehead atoms. The second-order valence-electron chi connectivity index (χ2n) is 6.65. The molecule has 2 aromatic carbocycles. The van der Waals surface area contributed by atoms with Gasteiger partial charge in [-0.2, -0.15) is 0 Å². The van der Waals surface area contributed by atoms with Crippen LogP contribution in [0.1, 0.15) is 72.8 Å². The smallest absolute Gasteiger partial charge is 0.101 e. The molecule has 0 N–H and O–H groups in total. The van der Waals surface area contributed by atoms with Gasteiger partial charge in [-0.1, -0.05) is 60.1 Å². The number of hydrogen-bond donors (Lipinski definition) is 0. The van der Waals surface area contributed by atoms with E-state index in [-0.39, 0.29) is 0 Å². The Balaban J connectivity index is 1.95. The lowest BCUT2D eigenvalue weighted by Crippen LogP contribution is -2.05. The fourth-order valence-electron chi connectivity index (χ4n) is 3.54. The number of nitrogens with zero attached hydrogens (tertiary/aromatic N) is 1. The zero-order chi connectivity index (χ0) is 18.2. The van der Waals surface area contributed by atoms with Gasteiger partial charge in [-0.25, -0.2) is 0 Å². The molecule has 0 atom stereocenters. The molecule has 1 nitrogen and oxygen atoms in total. The molecule has 0 aliphatic heterocycles. The monoisotopic (exact) mass is 338 g/mol. The number of hydrogen-bond acceptors (Lipinski definition) is 0. The minimum atomic E-state index is 0.680. The molecule has 26 heavy (non-hydrogen) atoms. The lowest BCUT2D eigenvalue weighted by atomic mass is 9.83. The van der Waals surface area contributed by atoms with E-state index in [4.69, 9.17) is 0 Å². The summed E-state index contributed by atoms with van der Waals surface area (Å²) in [6.07, 6.45) is 6.65. The maximum absolute atomic E-state index is 3.99. The third-order valence-corrected chi connectivity index (χ3v) is 4.87. The van der Waals surface area contributed by atoms with Gasteiger partial charge in [0.15, 0.2) is 0 Å². The van der Waals surface area contributed by atoms with Crippen molar-refractivity contribution in [3.05, 3.63) is 75.1 Å². The maximum atomic E-state index is 3.99. The van der Waals surface area contributed by atoms with Crippen LogP contribution in [0, 0.1) is 29.8 Å². The first kappa shape index (κ1) is 17.9. The van der Waals surface area contributed by atoms with E-state index in [9.17, 15) is 0 Å². The predicted molar refractivity (Wildman–Crippen MR) is 110 cm³/mol. The van der Waals surface area contributed by atoms with Crippen LogP contribution in [0.3, 0.4) is 0 Å². The predicted octanol–water partition coefficient (Wildman–Crippen LogP) is 5.82. The van der Waals surface area contributed by atoms with E-state index >= 15 is 0 Å². The van der Waals surface area contributed by atoms with Crippen molar-refractivity contribution in [2.24, 2.45) is 0 Å². The highest BCUT2D eigenvalue weighted by molar-refractivity contribution is 5.56. The summed E-state index contributed by atoms with van der Waals surface area (Å²) in [7, 11) is 1.73. The van der Waals surface area contributed by atoms with Crippen LogP contribution in [-0.4, -0.2) is 7.05 Å². The Kier molecular flexibility index (Phi) is 6.14. The Morgan fingerprint density at radius 3 is 2.19 bits per heavy atom. The van der Waals surface area contributed by atoms with E-state index in [0.29, 0.717) is 5.92 Å². The Morgan fingerprint density at radius 1 is 0.808 bits per heavy atom. The first-order valence-corrected chi connectivity index (χ1v) is 9.34. The molecule has 1 aliphatic carbocycles. The molecule has 0 heterocycles. The van der Waals surface area contributed by atoms with E-state index in [1.165, 1.54) is 37.7 Å². The average molecular weight is 338 g/mol. The Labute approximate surface area is 157 Å². The zero-order valence-electron chi connectivity index (χ0n) is 15.6. The molecule has 1 fully saturated rings. The molecular weight excluding hydrogens is 314 g/mol. The third kappa shape index (κ3) is 4.36. The van der Waals surface area contributed by atoms with Crippen LogP contribution in [0.15, 0.2) is 42.5 Å². The van der Waals surface area contributed by atoms with Crippen LogP contribution < -0.4 is 0 Å². The fourth-order valence-corrected chi connectivity index (χ4v) is 3.54. The van der Waals surface area contributed by atoms with Gasteiger partial charge in [0.1, 0.15) is 5.56 Å². The molecule has 0 saturated heterocycles. The second-order valence-corrected chi connectivity index (χ2v) is 6.65. The van der Waals surface area contributed by atoms with Gasteiger partial charge in [0.2, 0.25) is 0 Å². The molecule has 128 valence electrons. The molecule has 3 rings (SSSR count). The molecule has 0 radical (unpaired) electrons. The van der Waals surface area contributed by atoms with Gasteiger partial charge >= 0.3 is 6.07 Å². The minimum absolute atomic E-state index is 0.680. The third-order valence-electron chi connectivity index (χ3n) is 4.87. The van der Waals surface area contributed by atoms with E-state index in [0.717, 1.165) is 22.3 Å². The van der Waals surface area contributed by atoms with Crippen LogP contribution >= 0.6 is 0 Å². The summed E-state index contributed by atoms with van der Waals surface area (Å²) in [5.41, 5.74) is 5.30. The number of benzene rings is 2. The Morgan fingerprint density at radius 2 is 1.50 bits per heavy atom. The van der Waals surface area contributed by atoms with Crippen molar-refractivity contribution >= 4 is 0 Å². The van der Waals surface area contributed by atoms with Crippen molar-refractivity contribution < 1.29 is 0 Å². The van der Waals surface area contributed by atoms with E-state index in [2.05, 4.69) is 52.8 Å². The quantitative estimate of drug-likeness (QED) is 0.577. The lowest BCUT2D eigenvalue weighted by molar-refractivity contribution is 0.443. The summed E-state index contributed by atoms with van der Waals surface area (Å²) in [5, 5.41) is 0. The molecule has 0 amide bonds. The van der Waals surface area contributed by atoms with Gasteiger partial charge in [-0.3, -0.25) is 0 Å². The molecule has 0 aromatic heterocycles. The number of rotatable bonds is 1. The van der Waals surface area contributed by atoms with Crippen molar-refractivity contribution in [3.63, 3.8) is 0 Å². The molecule has 0 spiro atoms. The van der Waals surface area contributed by atoms with Gasteiger partial charge < -0.3 is 0 Å². The van der Waals surface area contributed by atoms with Crippen LogP contribution in [-0.2, 0) is 0 Å². The maximum Gasteiger partial charge on any atom is 0.311 e. The van der Waals surface area contributed by atoms with Crippen molar-refractivity contribution in [3.8, 4) is 29.8 Å². The largest absolute Gasteiger partial charge is 0.311 e. The van der Waals surface area contributed by atoms with Gasteiger partial charge in [-0.15, -0.1) is 5.92 Å². The summed E-state index contributed by atoms with van der Waals surface area (Å²) in [4.78, 5) is 3.99. The highest BCUT2D eigenvalue weighted by Crippen LogP contribution is 2.33. The van der Waals surface area contributed by atoms with Gasteiger partial charge in [0.05, 0.1) is 0 Å². The summed E-state index contributed by atoms with van der Waals surface area (Å²) in [6.45, 7) is 1.88. The summed E-state index contributed by atoms with van der Waals surface area (Å²) >= 11 is 0. The van der Waals surface area contributed by atoms with Crippen LogP contribution in [0.4, 0.5) is 0 Å². The molecule has 2 aromatic rings. The van der Waals surface area contributed by atoms with Crippen molar-refractivity contribution in [2.45, 2.75) is 44.9 Å². The Hall–Kier alpha value is -2.95. The highest BCUT2D eigenvalue weighted by Gasteiger charge is 2.16.